The molecule has 3 amide bonds. The zero-order valence-electron chi connectivity index (χ0n) is 27.6. The smallest absolute Gasteiger partial charge is 0.386 e. The summed E-state index contributed by atoms with van der Waals surface area (Å²) in [5, 5.41) is 26.2. The molecule has 0 radical (unpaired) electrons. The Bertz CT molecular complexity index is 1730. The Hall–Kier alpha value is -2.64. The van der Waals surface area contributed by atoms with Gasteiger partial charge in [0, 0.05) is 37.6 Å². The number of rotatable bonds is 20. The second-order valence-electron chi connectivity index (χ2n) is 11.6. The molecule has 29 heteroatoms. The van der Waals surface area contributed by atoms with Crippen LogP contribution in [0.4, 0.5) is 5.82 Å². The molecule has 25 nitrogen and oxygen atoms in total. The second kappa shape index (κ2) is 18.1. The number of ether oxygens (including phenoxy) is 1. The fourth-order valence-electron chi connectivity index (χ4n) is 4.33. The SMILES string of the molecule is CC(=O)NSCCNC(=O)CCNC(=O)[C@H](O)C(C)(C)COP(=O)(O)OP(=O)(O)OC[C@H]1O[C@@H](n2cnc3c(N)ncnc32)[C@H](O)[C@@H]1OP(=O)(O)O. The van der Waals surface area contributed by atoms with Gasteiger partial charge in [-0.3, -0.25) is 32.5 Å². The van der Waals surface area contributed by atoms with Crippen LogP contribution >= 0.6 is 35.4 Å². The molecular formula is C23H39N8O17P3S. The standard InChI is InChI=1S/C23H39N8O17P3S/c1-12(32)30-52-7-6-25-14(33)4-5-26-21(36)18(35)23(2,3)9-45-51(42,43)48-50(40,41)44-8-13-17(47-49(37,38)39)16(34)22(46-13)31-11-29-15-19(24)27-10-28-20(15)31/h10-11,13,16-18,22,34-35H,4-9H2,1-3H3,(H,25,33)(H,26,36)(H,30,32)(H,40,41)(H,42,43)(H2,24,27,28)(H2,37,38,39)/t13-,16-,17-,18+,22-/m1/s1. The molecule has 2 aromatic rings. The maximum absolute atomic E-state index is 12.6. The molecule has 0 bridgehead atoms. The molecular weight excluding hydrogens is 785 g/mol. The number of nitrogens with zero attached hydrogens (tertiary/aromatic N) is 4. The first-order chi connectivity index (χ1) is 24.0. The summed E-state index contributed by atoms with van der Waals surface area (Å²) in [4.78, 5) is 85.9. The van der Waals surface area contributed by atoms with Crippen LogP contribution in [0.15, 0.2) is 12.7 Å². The molecule has 52 heavy (non-hydrogen) atoms. The Morgan fingerprint density at radius 2 is 1.75 bits per heavy atom. The monoisotopic (exact) mass is 824 g/mol. The molecule has 1 fully saturated rings. The van der Waals surface area contributed by atoms with Gasteiger partial charge in [-0.2, -0.15) is 4.31 Å². The van der Waals surface area contributed by atoms with E-state index in [0.717, 1.165) is 29.2 Å². The lowest BCUT2D eigenvalue weighted by Crippen LogP contribution is -2.46. The van der Waals surface area contributed by atoms with Gasteiger partial charge in [-0.15, -0.1) is 0 Å². The van der Waals surface area contributed by atoms with Crippen molar-refractivity contribution >= 4 is 70.1 Å². The van der Waals surface area contributed by atoms with E-state index in [1.54, 1.807) is 0 Å². The van der Waals surface area contributed by atoms with Crippen LogP contribution in [0.25, 0.3) is 11.2 Å². The van der Waals surface area contributed by atoms with Crippen molar-refractivity contribution in [3.8, 4) is 0 Å². The number of hydrogen-bond acceptors (Lipinski definition) is 18. The maximum Gasteiger partial charge on any atom is 0.481 e. The molecule has 294 valence electrons. The minimum Gasteiger partial charge on any atom is -0.386 e. The minimum absolute atomic E-state index is 0.0302. The first-order valence-electron chi connectivity index (χ1n) is 14.8. The molecule has 1 saturated heterocycles. The number of carbonyl (C=O) groups excluding carboxylic acids is 3. The number of imidazole rings is 1. The number of fused-ring (bicyclic) bond motifs is 1. The number of hydrogen-bond donors (Lipinski definition) is 10. The van der Waals surface area contributed by atoms with Crippen LogP contribution in [-0.2, 0) is 50.7 Å². The molecule has 0 aliphatic carbocycles. The van der Waals surface area contributed by atoms with E-state index in [0.29, 0.717) is 5.75 Å². The van der Waals surface area contributed by atoms with Gasteiger partial charge in [0.15, 0.2) is 17.7 Å². The number of phosphoric ester groups is 3. The summed E-state index contributed by atoms with van der Waals surface area (Å²) in [6.45, 7) is 1.86. The summed E-state index contributed by atoms with van der Waals surface area (Å²) >= 11 is 1.09. The molecule has 2 aromatic heterocycles. The van der Waals surface area contributed by atoms with E-state index in [-0.39, 0.29) is 42.4 Å². The van der Waals surface area contributed by atoms with E-state index in [9.17, 15) is 57.9 Å². The predicted molar refractivity (Wildman–Crippen MR) is 176 cm³/mol. The van der Waals surface area contributed by atoms with Crippen molar-refractivity contribution in [2.45, 2.75) is 57.8 Å². The average molecular weight is 825 g/mol. The largest absolute Gasteiger partial charge is 0.481 e. The van der Waals surface area contributed by atoms with Crippen molar-refractivity contribution in [3.05, 3.63) is 12.7 Å². The predicted octanol–water partition coefficient (Wildman–Crippen LogP) is -1.81. The van der Waals surface area contributed by atoms with E-state index in [1.165, 1.54) is 20.8 Å². The van der Waals surface area contributed by atoms with Gasteiger partial charge in [-0.1, -0.05) is 13.8 Å². The lowest BCUT2D eigenvalue weighted by atomic mass is 9.87. The molecule has 1 aliphatic rings. The number of aliphatic hydroxyl groups is 2. The minimum atomic E-state index is -5.56. The van der Waals surface area contributed by atoms with E-state index in [1.807, 2.05) is 0 Å². The third-order valence-electron chi connectivity index (χ3n) is 6.82. The van der Waals surface area contributed by atoms with E-state index < -0.39 is 84.6 Å². The zero-order valence-corrected chi connectivity index (χ0v) is 31.1. The van der Waals surface area contributed by atoms with Gasteiger partial charge >= 0.3 is 23.5 Å². The Labute approximate surface area is 298 Å². The molecule has 1 aliphatic heterocycles. The van der Waals surface area contributed by atoms with Gasteiger partial charge in [-0.25, -0.2) is 28.6 Å². The average Bonchev–Trinajstić information content (AvgIpc) is 3.58. The Kier molecular flexibility index (Phi) is 15.3. The lowest BCUT2D eigenvalue weighted by molar-refractivity contribution is -0.137. The number of nitrogens with one attached hydrogen (secondary N) is 3. The molecule has 3 heterocycles. The Balaban J connectivity index is 1.53. The van der Waals surface area contributed by atoms with Crippen LogP contribution in [0.1, 0.15) is 33.4 Å². The van der Waals surface area contributed by atoms with E-state index in [4.69, 9.17) is 19.5 Å². The summed E-state index contributed by atoms with van der Waals surface area (Å²) in [6.07, 6.45) is -6.89. The lowest BCUT2D eigenvalue weighted by Gasteiger charge is -2.30. The molecule has 0 aromatic carbocycles. The van der Waals surface area contributed by atoms with Gasteiger partial charge in [0.2, 0.25) is 17.7 Å². The fraction of sp³-hybridized carbons (Fsp3) is 0.652. The van der Waals surface area contributed by atoms with Crippen LogP contribution in [0.2, 0.25) is 0 Å². The first-order valence-corrected chi connectivity index (χ1v) is 20.3. The Morgan fingerprint density at radius 1 is 1.08 bits per heavy atom. The quantitative estimate of drug-likeness (QED) is 0.0399. The summed E-state index contributed by atoms with van der Waals surface area (Å²) in [7, 11) is -16.4. The first kappa shape index (κ1) is 43.8. The highest BCUT2D eigenvalue weighted by Crippen LogP contribution is 2.61. The summed E-state index contributed by atoms with van der Waals surface area (Å²) < 4.78 is 64.3. The third-order valence-corrected chi connectivity index (χ3v) is 10.8. The van der Waals surface area contributed by atoms with Crippen LogP contribution in [0.5, 0.6) is 0 Å². The van der Waals surface area contributed by atoms with Crippen molar-refractivity contribution in [1.29, 1.82) is 0 Å². The molecule has 7 atom stereocenters. The zero-order chi connectivity index (χ0) is 39.1. The third kappa shape index (κ3) is 13.0. The van der Waals surface area contributed by atoms with Gasteiger partial charge < -0.3 is 55.6 Å². The topological polar surface area (TPSA) is 376 Å². The highest BCUT2D eigenvalue weighted by molar-refractivity contribution is 7.97. The van der Waals surface area contributed by atoms with Crippen molar-refractivity contribution in [3.63, 3.8) is 0 Å². The number of anilines is 1. The van der Waals surface area contributed by atoms with Gasteiger partial charge in [-0.05, 0) is 11.9 Å². The molecule has 0 spiro atoms. The van der Waals surface area contributed by atoms with Gasteiger partial charge in [0.05, 0.1) is 19.5 Å². The normalized spacial score (nSPS) is 22.3. The number of aliphatic hydroxyl groups excluding tert-OH is 2. The van der Waals surface area contributed by atoms with Crippen molar-refractivity contribution in [2.75, 3.05) is 37.8 Å². The van der Waals surface area contributed by atoms with Crippen LogP contribution in [-0.4, -0.2) is 123 Å². The van der Waals surface area contributed by atoms with E-state index >= 15 is 0 Å². The van der Waals surface area contributed by atoms with E-state index in [2.05, 4.69) is 39.1 Å². The summed E-state index contributed by atoms with van der Waals surface area (Å²) in [6, 6.07) is 0. The Morgan fingerprint density at radius 3 is 2.40 bits per heavy atom. The highest BCUT2D eigenvalue weighted by atomic mass is 32.2. The van der Waals surface area contributed by atoms with Gasteiger partial charge in [0.25, 0.3) is 0 Å². The fourth-order valence-corrected chi connectivity index (χ4v) is 7.67. The molecule has 2 unspecified atom stereocenters. The molecule has 11 N–H and O–H groups in total. The number of amides is 3. The number of phosphoric acid groups is 3. The van der Waals surface area contributed by atoms with Gasteiger partial charge in [0.1, 0.15) is 36.3 Å². The van der Waals surface area contributed by atoms with Crippen LogP contribution in [0, 0.1) is 5.41 Å². The maximum atomic E-state index is 12.6. The van der Waals surface area contributed by atoms with Crippen LogP contribution < -0.4 is 21.1 Å². The molecule has 3 rings (SSSR count). The summed E-state index contributed by atoms with van der Waals surface area (Å²) in [5.74, 6) is -1.30. The van der Waals surface area contributed by atoms with Crippen LogP contribution in [0.3, 0.4) is 0 Å². The number of nitrogens with two attached hydrogens (primary N) is 1. The number of carbonyl (C=O) groups is 3. The van der Waals surface area contributed by atoms with Crippen molar-refractivity contribution in [1.82, 2.24) is 34.9 Å². The van der Waals surface area contributed by atoms with Crippen molar-refractivity contribution in [2.24, 2.45) is 5.41 Å². The second-order valence-corrected chi connectivity index (χ2v) is 16.7. The number of aromatic nitrogens is 4. The molecule has 0 saturated carbocycles. The number of nitrogen functional groups attached to an aromatic ring is 1. The van der Waals surface area contributed by atoms with Crippen molar-refractivity contribution < 1.29 is 80.5 Å². The summed E-state index contributed by atoms with van der Waals surface area (Å²) in [5.41, 5.74) is 4.26. The highest BCUT2D eigenvalue weighted by Gasteiger charge is 2.50.